The molecule has 3 aromatic rings. The lowest BCUT2D eigenvalue weighted by Crippen LogP contribution is -2.55. The first-order valence-corrected chi connectivity index (χ1v) is 12.1. The molecule has 2 aromatic heterocycles. The van der Waals surface area contributed by atoms with Crippen molar-refractivity contribution in [3.63, 3.8) is 0 Å². The molecule has 37 heavy (non-hydrogen) atoms. The predicted molar refractivity (Wildman–Crippen MR) is 131 cm³/mol. The van der Waals surface area contributed by atoms with Crippen LogP contribution in [-0.2, 0) is 22.5 Å². The number of ether oxygens (including phenoxy) is 1. The minimum absolute atomic E-state index is 0.0156. The smallest absolute Gasteiger partial charge is 0.365 e. The largest absolute Gasteiger partial charge is 0.477 e. The molecule has 0 saturated carbocycles. The van der Waals surface area contributed by atoms with Gasteiger partial charge >= 0.3 is 11.9 Å². The number of hydrogen-bond acceptors (Lipinski definition) is 8. The molecule has 0 radical (unpaired) electrons. The number of aryl methyl sites for hydroxylation is 1. The van der Waals surface area contributed by atoms with Gasteiger partial charge in [0.2, 0.25) is 5.43 Å². The van der Waals surface area contributed by atoms with E-state index < -0.39 is 47.1 Å². The van der Waals surface area contributed by atoms with Gasteiger partial charge < -0.3 is 29.0 Å². The summed E-state index contributed by atoms with van der Waals surface area (Å²) in [7, 11) is 0. The number of benzene rings is 1. The Morgan fingerprint density at radius 2 is 2.03 bits per heavy atom. The van der Waals surface area contributed by atoms with E-state index in [1.165, 1.54) is 29.5 Å². The van der Waals surface area contributed by atoms with Crippen molar-refractivity contribution in [1.29, 1.82) is 0 Å². The number of aliphatic carboxylic acids is 1. The zero-order valence-corrected chi connectivity index (χ0v) is 20.3. The van der Waals surface area contributed by atoms with E-state index in [-0.39, 0.29) is 11.4 Å². The van der Waals surface area contributed by atoms with Crippen LogP contribution in [0.4, 0.5) is 10.1 Å². The highest BCUT2D eigenvalue weighted by atomic mass is 19.1. The highest BCUT2D eigenvalue weighted by Crippen LogP contribution is 2.39. The summed E-state index contributed by atoms with van der Waals surface area (Å²) in [4.78, 5) is 44.2. The van der Waals surface area contributed by atoms with Crippen LogP contribution in [0.2, 0.25) is 0 Å². The lowest BCUT2D eigenvalue weighted by atomic mass is 9.93. The van der Waals surface area contributed by atoms with Gasteiger partial charge in [0.25, 0.3) is 5.72 Å². The number of aromatic nitrogens is 3. The van der Waals surface area contributed by atoms with Crippen LogP contribution in [-0.4, -0.2) is 61.2 Å². The number of piperidine rings is 1. The SMILES string of the molecule is C[C@H]1CCc2c(N3CCC(O)CC3)c(F)cc3c(=O)c(C(=O)OC(N)(Cn4ccnc4)C(=O)O)cn1c23. The molecule has 1 aromatic carbocycles. The zero-order valence-electron chi connectivity index (χ0n) is 20.3. The number of carboxylic acids is 1. The Balaban J connectivity index is 1.59. The molecule has 12 heteroatoms. The van der Waals surface area contributed by atoms with Crippen molar-refractivity contribution in [2.75, 3.05) is 18.0 Å². The topological polar surface area (TPSA) is 153 Å². The van der Waals surface area contributed by atoms with Crippen molar-refractivity contribution >= 4 is 28.5 Å². The lowest BCUT2D eigenvalue weighted by Gasteiger charge is -2.36. The van der Waals surface area contributed by atoms with Gasteiger partial charge in [-0.1, -0.05) is 0 Å². The van der Waals surface area contributed by atoms with Crippen molar-refractivity contribution in [2.24, 2.45) is 5.73 Å². The third-order valence-electron chi connectivity index (χ3n) is 7.24. The van der Waals surface area contributed by atoms with Gasteiger partial charge in [-0.3, -0.25) is 10.5 Å². The second-order valence-electron chi connectivity index (χ2n) is 9.79. The number of imidazole rings is 1. The maximum atomic E-state index is 15.5. The molecule has 1 saturated heterocycles. The number of carboxylic acid groups (broad SMARTS) is 1. The number of nitrogens with zero attached hydrogens (tertiary/aromatic N) is 4. The second-order valence-corrected chi connectivity index (χ2v) is 9.79. The van der Waals surface area contributed by atoms with Crippen LogP contribution in [0.5, 0.6) is 0 Å². The molecule has 2 aliphatic rings. The minimum atomic E-state index is -2.47. The molecular weight excluding hydrogens is 485 g/mol. The molecule has 0 aliphatic carbocycles. The normalized spacial score (nSPS) is 19.6. The van der Waals surface area contributed by atoms with Gasteiger partial charge in [-0.05, 0) is 38.7 Å². The van der Waals surface area contributed by atoms with Crippen molar-refractivity contribution < 1.29 is 28.9 Å². The summed E-state index contributed by atoms with van der Waals surface area (Å²) in [6, 6.07) is 1.02. The Morgan fingerprint density at radius 3 is 2.68 bits per heavy atom. The average Bonchev–Trinajstić information content (AvgIpc) is 3.35. The fraction of sp³-hybridized carbons (Fsp3) is 0.440. The first kappa shape index (κ1) is 24.9. The molecule has 2 atom stereocenters. The summed E-state index contributed by atoms with van der Waals surface area (Å²) in [6.45, 7) is 2.47. The summed E-state index contributed by atoms with van der Waals surface area (Å²) in [6.07, 6.45) is 7.35. The number of rotatable bonds is 6. The summed E-state index contributed by atoms with van der Waals surface area (Å²) >= 11 is 0. The fourth-order valence-electron chi connectivity index (χ4n) is 5.23. The van der Waals surface area contributed by atoms with Crippen LogP contribution in [0.25, 0.3) is 10.9 Å². The van der Waals surface area contributed by atoms with E-state index in [0.29, 0.717) is 55.5 Å². The lowest BCUT2D eigenvalue weighted by molar-refractivity contribution is -0.160. The third kappa shape index (κ3) is 4.36. The first-order chi connectivity index (χ1) is 17.6. The van der Waals surface area contributed by atoms with E-state index in [1.807, 2.05) is 11.8 Å². The number of pyridine rings is 1. The summed E-state index contributed by atoms with van der Waals surface area (Å²) < 4.78 is 23.8. The highest BCUT2D eigenvalue weighted by molar-refractivity contribution is 5.97. The molecule has 4 N–H and O–H groups in total. The fourth-order valence-corrected chi connectivity index (χ4v) is 5.23. The van der Waals surface area contributed by atoms with Crippen molar-refractivity contribution in [1.82, 2.24) is 14.1 Å². The Bertz CT molecular complexity index is 1430. The Labute approximate surface area is 210 Å². The maximum absolute atomic E-state index is 15.5. The van der Waals surface area contributed by atoms with Gasteiger partial charge in [0.05, 0.1) is 30.2 Å². The Kier molecular flexibility index (Phi) is 6.24. The van der Waals surface area contributed by atoms with E-state index in [0.717, 1.165) is 6.07 Å². The van der Waals surface area contributed by atoms with Crippen LogP contribution < -0.4 is 16.1 Å². The minimum Gasteiger partial charge on any atom is -0.477 e. The quantitative estimate of drug-likeness (QED) is 0.328. The average molecular weight is 514 g/mol. The van der Waals surface area contributed by atoms with Crippen LogP contribution in [0.15, 0.2) is 35.8 Å². The van der Waals surface area contributed by atoms with E-state index in [1.54, 1.807) is 4.57 Å². The van der Waals surface area contributed by atoms with E-state index >= 15 is 4.39 Å². The van der Waals surface area contributed by atoms with Gasteiger partial charge in [0.15, 0.2) is 0 Å². The monoisotopic (exact) mass is 513 g/mol. The van der Waals surface area contributed by atoms with Crippen molar-refractivity contribution in [3.8, 4) is 0 Å². The number of esters is 1. The second kappa shape index (κ2) is 9.27. The van der Waals surface area contributed by atoms with E-state index in [9.17, 15) is 24.6 Å². The van der Waals surface area contributed by atoms with Crippen LogP contribution in [0.3, 0.4) is 0 Å². The molecule has 1 fully saturated rings. The number of hydrogen-bond donors (Lipinski definition) is 3. The predicted octanol–water partition coefficient (Wildman–Crippen LogP) is 1.40. The van der Waals surface area contributed by atoms with Gasteiger partial charge in [-0.2, -0.15) is 0 Å². The van der Waals surface area contributed by atoms with Crippen LogP contribution >= 0.6 is 0 Å². The third-order valence-corrected chi connectivity index (χ3v) is 7.24. The zero-order chi connectivity index (χ0) is 26.5. The first-order valence-electron chi connectivity index (χ1n) is 12.1. The molecule has 4 heterocycles. The van der Waals surface area contributed by atoms with Gasteiger partial charge in [0, 0.05) is 48.7 Å². The van der Waals surface area contributed by atoms with Crippen molar-refractivity contribution in [3.05, 3.63) is 58.2 Å². The Hall–Kier alpha value is -3.77. The van der Waals surface area contributed by atoms with Gasteiger partial charge in [0.1, 0.15) is 11.4 Å². The Morgan fingerprint density at radius 1 is 1.30 bits per heavy atom. The molecular formula is C25H28FN5O6. The van der Waals surface area contributed by atoms with Crippen LogP contribution in [0, 0.1) is 5.82 Å². The number of halogens is 1. The van der Waals surface area contributed by atoms with E-state index in [2.05, 4.69) is 4.98 Å². The number of aliphatic hydroxyl groups excluding tert-OH is 1. The van der Waals surface area contributed by atoms with Gasteiger partial charge in [-0.15, -0.1) is 0 Å². The highest BCUT2D eigenvalue weighted by Gasteiger charge is 2.40. The van der Waals surface area contributed by atoms with E-state index in [4.69, 9.17) is 10.5 Å². The number of aliphatic hydroxyl groups is 1. The number of carbonyl (C=O) groups excluding carboxylic acids is 1. The summed E-state index contributed by atoms with van der Waals surface area (Å²) in [5.74, 6) is -3.40. The summed E-state index contributed by atoms with van der Waals surface area (Å²) in [5.41, 5.74) is 3.90. The standard InChI is InChI=1S/C25H28FN5O6/c1-14-2-3-16-20-17(10-19(26)21(16)30-7-4-15(32)5-8-30)22(33)18(11-31(14)20)23(34)37-25(27,24(35)36)12-29-9-6-28-13-29/h6,9-11,13-15,32H,2-5,7-8,12,27H2,1H3,(H,35,36)/t14-,25?/m0/s1. The van der Waals surface area contributed by atoms with Gasteiger partial charge in [-0.25, -0.2) is 19.0 Å². The number of anilines is 1. The summed E-state index contributed by atoms with van der Waals surface area (Å²) in [5, 5.41) is 19.6. The molecule has 11 nitrogen and oxygen atoms in total. The van der Waals surface area contributed by atoms with Crippen molar-refractivity contribution in [2.45, 2.75) is 57.0 Å². The molecule has 2 aliphatic heterocycles. The van der Waals surface area contributed by atoms with Crippen LogP contribution in [0.1, 0.15) is 48.1 Å². The number of nitrogens with two attached hydrogens (primary N) is 1. The molecule has 0 spiro atoms. The maximum Gasteiger partial charge on any atom is 0.365 e. The molecule has 0 amide bonds. The number of carbonyl (C=O) groups is 2. The molecule has 5 rings (SSSR count). The molecule has 1 unspecified atom stereocenters. The molecule has 0 bridgehead atoms. The molecule has 196 valence electrons.